The summed E-state index contributed by atoms with van der Waals surface area (Å²) in [5.74, 6) is -0.455. The molecule has 0 aliphatic carbocycles. The fourth-order valence-electron chi connectivity index (χ4n) is 1.99. The molecule has 20 heavy (non-hydrogen) atoms. The second-order valence-electron chi connectivity index (χ2n) is 4.43. The molecule has 0 spiro atoms. The number of rotatable bonds is 3. The second kappa shape index (κ2) is 5.81. The van der Waals surface area contributed by atoms with Crippen LogP contribution in [0.1, 0.15) is 11.7 Å². The van der Waals surface area contributed by atoms with E-state index in [0.717, 1.165) is 0 Å². The number of phenolic OH excluding ortho intramolecular Hbond substituents is 1. The molecule has 1 aliphatic heterocycles. The summed E-state index contributed by atoms with van der Waals surface area (Å²) < 4.78 is 5.26. The van der Waals surface area contributed by atoms with E-state index in [-0.39, 0.29) is 17.3 Å². The molecule has 0 radical (unpaired) electrons. The maximum Gasteiger partial charge on any atom is 0.206 e. The van der Waals surface area contributed by atoms with Crippen LogP contribution in [0.25, 0.3) is 0 Å². The lowest BCUT2D eigenvalue weighted by Crippen LogP contribution is -2.34. The quantitative estimate of drug-likeness (QED) is 0.500. The predicted molar refractivity (Wildman–Crippen MR) is 73.2 cm³/mol. The number of allylic oxidation sites excluding steroid dienone is 3. The topological polar surface area (TPSA) is 90.2 Å². The lowest BCUT2D eigenvalue weighted by molar-refractivity contribution is -0.101. The zero-order valence-corrected chi connectivity index (χ0v) is 10.7. The van der Waals surface area contributed by atoms with E-state index in [4.69, 9.17) is 4.74 Å². The molecule has 0 saturated carbocycles. The number of aliphatic hydroxyl groups excluding tert-OH is 3. The molecular formula is C15H16O5. The van der Waals surface area contributed by atoms with Crippen molar-refractivity contribution in [2.75, 3.05) is 0 Å². The Balaban J connectivity index is 2.24. The van der Waals surface area contributed by atoms with Crippen molar-refractivity contribution in [3.63, 3.8) is 0 Å². The Morgan fingerprint density at radius 1 is 1.30 bits per heavy atom. The van der Waals surface area contributed by atoms with Gasteiger partial charge in [-0.05, 0) is 24.3 Å². The molecule has 0 fully saturated rings. The van der Waals surface area contributed by atoms with Gasteiger partial charge in [0.05, 0.1) is 12.0 Å². The first-order chi connectivity index (χ1) is 9.52. The molecule has 3 atom stereocenters. The fourth-order valence-corrected chi connectivity index (χ4v) is 1.99. The molecular weight excluding hydrogens is 260 g/mol. The molecule has 0 aromatic heterocycles. The van der Waals surface area contributed by atoms with Crippen molar-refractivity contribution in [1.82, 2.24) is 0 Å². The van der Waals surface area contributed by atoms with Crippen LogP contribution in [0.3, 0.4) is 0 Å². The van der Waals surface area contributed by atoms with Crippen molar-refractivity contribution < 1.29 is 25.2 Å². The van der Waals surface area contributed by atoms with Crippen molar-refractivity contribution in [2.24, 2.45) is 5.92 Å². The van der Waals surface area contributed by atoms with Gasteiger partial charge in [0.25, 0.3) is 0 Å². The van der Waals surface area contributed by atoms with Crippen LogP contribution in [0.4, 0.5) is 0 Å². The molecule has 4 N–H and O–H groups in total. The zero-order valence-electron chi connectivity index (χ0n) is 10.7. The first-order valence-electron chi connectivity index (χ1n) is 6.08. The summed E-state index contributed by atoms with van der Waals surface area (Å²) in [7, 11) is 0. The van der Waals surface area contributed by atoms with E-state index in [0.29, 0.717) is 5.56 Å². The molecule has 1 aliphatic rings. The Morgan fingerprint density at radius 2 is 2.05 bits per heavy atom. The third-order valence-electron chi connectivity index (χ3n) is 3.07. The Hall–Kier alpha value is -2.24. The third kappa shape index (κ3) is 2.84. The van der Waals surface area contributed by atoms with Gasteiger partial charge >= 0.3 is 0 Å². The highest BCUT2D eigenvalue weighted by Gasteiger charge is 2.34. The normalized spacial score (nSPS) is 26.1. The molecule has 1 heterocycles. The van der Waals surface area contributed by atoms with Crippen molar-refractivity contribution in [2.45, 2.75) is 12.4 Å². The first kappa shape index (κ1) is 14.2. The number of aromatic hydroxyl groups is 1. The lowest BCUT2D eigenvalue weighted by atomic mass is 9.91. The minimum absolute atomic E-state index is 0.00372. The minimum atomic E-state index is -1.24. The van der Waals surface area contributed by atoms with Gasteiger partial charge in [0.15, 0.2) is 0 Å². The van der Waals surface area contributed by atoms with Crippen LogP contribution in [0.5, 0.6) is 11.5 Å². The predicted octanol–water partition coefficient (Wildman–Crippen LogP) is 1.94. The third-order valence-corrected chi connectivity index (χ3v) is 3.07. The van der Waals surface area contributed by atoms with Gasteiger partial charge in [0.1, 0.15) is 17.3 Å². The van der Waals surface area contributed by atoms with Gasteiger partial charge in [0.2, 0.25) is 6.29 Å². The Kier molecular flexibility index (Phi) is 4.12. The summed E-state index contributed by atoms with van der Waals surface area (Å²) >= 11 is 0. The molecule has 106 valence electrons. The van der Waals surface area contributed by atoms with Gasteiger partial charge in [-0.3, -0.25) is 0 Å². The Morgan fingerprint density at radius 3 is 2.75 bits per heavy atom. The van der Waals surface area contributed by atoms with Gasteiger partial charge in [-0.15, -0.1) is 0 Å². The molecule has 5 heteroatoms. The Labute approximate surface area is 116 Å². The van der Waals surface area contributed by atoms with Crippen LogP contribution in [-0.4, -0.2) is 26.7 Å². The molecule has 0 bridgehead atoms. The number of benzene rings is 1. The van der Waals surface area contributed by atoms with Crippen molar-refractivity contribution >= 4 is 0 Å². The zero-order chi connectivity index (χ0) is 14.7. The highest BCUT2D eigenvalue weighted by atomic mass is 16.6. The number of aliphatic hydroxyl groups is 3. The van der Waals surface area contributed by atoms with Gasteiger partial charge in [0, 0.05) is 11.6 Å². The van der Waals surface area contributed by atoms with Gasteiger partial charge in [-0.25, -0.2) is 0 Å². The van der Waals surface area contributed by atoms with Crippen LogP contribution >= 0.6 is 0 Å². The van der Waals surface area contributed by atoms with Gasteiger partial charge in [-0.1, -0.05) is 18.7 Å². The lowest BCUT2D eigenvalue weighted by Gasteiger charge is -2.32. The van der Waals surface area contributed by atoms with Crippen LogP contribution in [0.2, 0.25) is 0 Å². The van der Waals surface area contributed by atoms with E-state index in [9.17, 15) is 20.4 Å². The van der Waals surface area contributed by atoms with E-state index in [1.165, 1.54) is 36.4 Å². The average molecular weight is 276 g/mol. The van der Waals surface area contributed by atoms with Crippen molar-refractivity contribution in [3.8, 4) is 11.5 Å². The largest absolute Gasteiger partial charge is 0.508 e. The Bertz CT molecular complexity index is 561. The average Bonchev–Trinajstić information content (AvgIpc) is 2.41. The highest BCUT2D eigenvalue weighted by molar-refractivity contribution is 5.43. The molecule has 0 saturated heterocycles. The van der Waals surface area contributed by atoms with Crippen LogP contribution < -0.4 is 4.74 Å². The standard InChI is InChI=1S/C15H16O5/c1-2-9(16)4-3-5-12-14(18)11-7-6-10(17)8-13(11)20-15(12)19/h2-8,12,14-19H,1H2/b5-3+,9-4+/t12?,14-,15?/m0/s1. The van der Waals surface area contributed by atoms with Gasteiger partial charge < -0.3 is 25.2 Å². The number of hydrogen-bond acceptors (Lipinski definition) is 5. The highest BCUT2D eigenvalue weighted by Crippen LogP contribution is 2.40. The molecule has 2 rings (SSSR count). The SMILES string of the molecule is C=C/C(O)=C\C=C\C1C(O)Oc2cc(O)ccc2[C@@H]1O. The molecule has 2 unspecified atom stereocenters. The van der Waals surface area contributed by atoms with Gasteiger partial charge in [-0.2, -0.15) is 0 Å². The number of phenols is 1. The number of hydrogen-bond donors (Lipinski definition) is 4. The van der Waals surface area contributed by atoms with Crippen molar-refractivity contribution in [1.29, 1.82) is 0 Å². The van der Waals surface area contributed by atoms with E-state index in [1.54, 1.807) is 6.07 Å². The summed E-state index contributed by atoms with van der Waals surface area (Å²) in [6, 6.07) is 4.32. The summed E-state index contributed by atoms with van der Waals surface area (Å²) in [4.78, 5) is 0. The molecule has 1 aromatic carbocycles. The van der Waals surface area contributed by atoms with E-state index < -0.39 is 18.3 Å². The molecule has 1 aromatic rings. The monoisotopic (exact) mass is 276 g/mol. The van der Waals surface area contributed by atoms with Crippen LogP contribution in [0, 0.1) is 5.92 Å². The first-order valence-corrected chi connectivity index (χ1v) is 6.08. The van der Waals surface area contributed by atoms with Crippen LogP contribution in [-0.2, 0) is 0 Å². The second-order valence-corrected chi connectivity index (χ2v) is 4.43. The minimum Gasteiger partial charge on any atom is -0.508 e. The maximum absolute atomic E-state index is 10.2. The van der Waals surface area contributed by atoms with E-state index in [2.05, 4.69) is 6.58 Å². The fraction of sp³-hybridized carbons (Fsp3) is 0.200. The van der Waals surface area contributed by atoms with Crippen LogP contribution in [0.15, 0.2) is 54.8 Å². The smallest absolute Gasteiger partial charge is 0.206 e. The van der Waals surface area contributed by atoms with E-state index in [1.807, 2.05) is 0 Å². The molecule has 0 amide bonds. The maximum atomic E-state index is 10.2. The number of ether oxygens (including phenoxy) is 1. The summed E-state index contributed by atoms with van der Waals surface area (Å²) in [5.41, 5.74) is 0.486. The summed E-state index contributed by atoms with van der Waals surface area (Å²) in [6.45, 7) is 3.39. The van der Waals surface area contributed by atoms with Crippen molar-refractivity contribution in [3.05, 3.63) is 60.4 Å². The van der Waals surface area contributed by atoms with E-state index >= 15 is 0 Å². The number of fused-ring (bicyclic) bond motifs is 1. The molecule has 5 nitrogen and oxygen atoms in total. The summed E-state index contributed by atoms with van der Waals surface area (Å²) in [6.07, 6.45) is 3.48. The summed E-state index contributed by atoms with van der Waals surface area (Å²) in [5, 5.41) is 38.7.